The molecule has 1 N–H and O–H groups in total. The van der Waals surface area contributed by atoms with Gasteiger partial charge >= 0.3 is 0 Å². The first kappa shape index (κ1) is 20.1. The summed E-state index contributed by atoms with van der Waals surface area (Å²) >= 11 is 0. The van der Waals surface area contributed by atoms with E-state index in [1.807, 2.05) is 19.1 Å². The summed E-state index contributed by atoms with van der Waals surface area (Å²) in [5.41, 5.74) is 4.50. The first-order valence-corrected chi connectivity index (χ1v) is 10.0. The van der Waals surface area contributed by atoms with Crippen molar-refractivity contribution in [2.45, 2.75) is 32.3 Å². The lowest BCUT2D eigenvalue weighted by Gasteiger charge is -2.16. The molecular formula is C25H20N4O2. The zero-order valence-corrected chi connectivity index (χ0v) is 17.1. The lowest BCUT2D eigenvalue weighted by atomic mass is 10.1. The minimum Gasteiger partial charge on any atom is -0.486 e. The van der Waals surface area contributed by atoms with E-state index in [-0.39, 0.29) is 12.5 Å². The number of ether oxygens (including phenoxy) is 1. The van der Waals surface area contributed by atoms with E-state index in [0.29, 0.717) is 39.7 Å². The topological polar surface area (TPSA) is 98.8 Å². The van der Waals surface area contributed by atoms with Crippen LogP contribution in [-0.2, 0) is 6.61 Å². The molecule has 3 aromatic rings. The molecular weight excluding hydrogens is 388 g/mol. The number of benzene rings is 2. The van der Waals surface area contributed by atoms with Gasteiger partial charge in [0.1, 0.15) is 6.61 Å². The number of aryl methyl sites for hydroxylation is 1. The van der Waals surface area contributed by atoms with Gasteiger partial charge in [-0.3, -0.25) is 9.78 Å². The summed E-state index contributed by atoms with van der Waals surface area (Å²) in [6, 6.07) is 19.9. The highest BCUT2D eigenvalue weighted by molar-refractivity contribution is 6.06. The highest BCUT2D eigenvalue weighted by atomic mass is 16.5. The van der Waals surface area contributed by atoms with Gasteiger partial charge in [0.15, 0.2) is 5.75 Å². The van der Waals surface area contributed by atoms with Crippen LogP contribution in [0.1, 0.15) is 57.2 Å². The maximum atomic E-state index is 13.1. The monoisotopic (exact) mass is 408 g/mol. The summed E-state index contributed by atoms with van der Waals surface area (Å²) in [6.45, 7) is 2.06. The summed E-state index contributed by atoms with van der Waals surface area (Å²) in [7, 11) is 0. The number of carbonyl (C=O) groups excluding carboxylic acids is 1. The van der Waals surface area contributed by atoms with E-state index in [0.717, 1.165) is 24.1 Å². The lowest BCUT2D eigenvalue weighted by molar-refractivity contribution is 0.102. The molecule has 152 valence electrons. The van der Waals surface area contributed by atoms with Crippen molar-refractivity contribution < 1.29 is 9.53 Å². The van der Waals surface area contributed by atoms with Crippen LogP contribution in [0.5, 0.6) is 5.75 Å². The third kappa shape index (κ3) is 4.71. The summed E-state index contributed by atoms with van der Waals surface area (Å²) in [5, 5.41) is 20.9. The fraction of sp³-hybridized carbons (Fsp3) is 0.200. The smallest absolute Gasteiger partial charge is 0.259 e. The predicted molar refractivity (Wildman–Crippen MR) is 116 cm³/mol. The molecule has 0 radical (unpaired) electrons. The number of aromatic nitrogens is 1. The van der Waals surface area contributed by atoms with E-state index in [1.54, 1.807) is 42.5 Å². The van der Waals surface area contributed by atoms with Crippen LogP contribution < -0.4 is 10.1 Å². The van der Waals surface area contributed by atoms with E-state index in [2.05, 4.69) is 22.4 Å². The van der Waals surface area contributed by atoms with Crippen molar-refractivity contribution >= 4 is 11.6 Å². The molecule has 1 aromatic heterocycles. The highest BCUT2D eigenvalue weighted by Gasteiger charge is 2.28. The van der Waals surface area contributed by atoms with Crippen LogP contribution in [0.2, 0.25) is 0 Å². The van der Waals surface area contributed by atoms with Gasteiger partial charge in [0.05, 0.1) is 34.5 Å². The number of nitriles is 2. The van der Waals surface area contributed by atoms with Gasteiger partial charge in [0.25, 0.3) is 5.91 Å². The van der Waals surface area contributed by atoms with Crippen molar-refractivity contribution in [2.24, 2.45) is 0 Å². The lowest BCUT2D eigenvalue weighted by Crippen LogP contribution is -2.16. The van der Waals surface area contributed by atoms with Gasteiger partial charge in [-0.2, -0.15) is 10.5 Å². The second-order valence-electron chi connectivity index (χ2n) is 7.53. The Morgan fingerprint density at radius 2 is 1.84 bits per heavy atom. The summed E-state index contributed by atoms with van der Waals surface area (Å²) in [4.78, 5) is 17.8. The first-order chi connectivity index (χ1) is 15.1. The number of nitrogens with one attached hydrogen (secondary N) is 1. The van der Waals surface area contributed by atoms with Crippen LogP contribution in [0.4, 0.5) is 5.69 Å². The predicted octanol–water partition coefficient (Wildman–Crippen LogP) is 4.84. The first-order valence-electron chi connectivity index (χ1n) is 10.0. The molecule has 6 nitrogen and oxygen atoms in total. The maximum Gasteiger partial charge on any atom is 0.259 e. The van der Waals surface area contributed by atoms with Crippen molar-refractivity contribution in [3.63, 3.8) is 0 Å². The second kappa shape index (κ2) is 8.69. The number of anilines is 1. The van der Waals surface area contributed by atoms with E-state index >= 15 is 0 Å². The van der Waals surface area contributed by atoms with Crippen LogP contribution in [0.25, 0.3) is 0 Å². The number of hydrogen-bond acceptors (Lipinski definition) is 5. The summed E-state index contributed by atoms with van der Waals surface area (Å²) in [6.07, 6.45) is 2.15. The number of rotatable bonds is 6. The molecule has 0 bridgehead atoms. The van der Waals surface area contributed by atoms with E-state index in [9.17, 15) is 4.79 Å². The molecule has 0 aliphatic heterocycles. The molecule has 31 heavy (non-hydrogen) atoms. The summed E-state index contributed by atoms with van der Waals surface area (Å²) in [5.74, 6) is 0.525. The van der Waals surface area contributed by atoms with Crippen LogP contribution in [0, 0.1) is 29.6 Å². The third-order valence-electron chi connectivity index (χ3n) is 5.11. The number of carbonyl (C=O) groups is 1. The molecule has 2 aromatic carbocycles. The van der Waals surface area contributed by atoms with Gasteiger partial charge in [-0.05, 0) is 67.8 Å². The molecule has 1 amide bonds. The van der Waals surface area contributed by atoms with E-state index in [4.69, 9.17) is 15.3 Å². The number of pyridine rings is 1. The van der Waals surface area contributed by atoms with Crippen LogP contribution in [0.3, 0.4) is 0 Å². The Bertz CT molecular complexity index is 1220. The third-order valence-corrected chi connectivity index (χ3v) is 5.11. The van der Waals surface area contributed by atoms with Crippen molar-refractivity contribution in [2.75, 3.05) is 5.32 Å². The van der Waals surface area contributed by atoms with Crippen molar-refractivity contribution in [3.05, 3.63) is 88.2 Å². The number of amides is 1. The highest BCUT2D eigenvalue weighted by Crippen LogP contribution is 2.41. The fourth-order valence-corrected chi connectivity index (χ4v) is 3.34. The Labute approximate surface area is 180 Å². The normalized spacial score (nSPS) is 12.5. The second-order valence-corrected chi connectivity index (χ2v) is 7.53. The molecule has 1 aliphatic rings. The average Bonchev–Trinajstić information content (AvgIpc) is 3.64. The largest absolute Gasteiger partial charge is 0.486 e. The zero-order chi connectivity index (χ0) is 21.8. The molecule has 0 atom stereocenters. The molecule has 6 heteroatoms. The Balaban J connectivity index is 1.61. The number of nitrogens with zero attached hydrogens (tertiary/aromatic N) is 3. The van der Waals surface area contributed by atoms with Crippen LogP contribution in [-0.4, -0.2) is 10.9 Å². The Morgan fingerprint density at radius 3 is 2.52 bits per heavy atom. The summed E-state index contributed by atoms with van der Waals surface area (Å²) < 4.78 is 6.03. The Hall–Kier alpha value is -4.16. The minimum atomic E-state index is -0.294. The molecule has 0 spiro atoms. The van der Waals surface area contributed by atoms with E-state index < -0.39 is 0 Å². The molecule has 0 unspecified atom stereocenters. The Kier molecular flexibility index (Phi) is 5.64. The van der Waals surface area contributed by atoms with Gasteiger partial charge in [-0.15, -0.1) is 0 Å². The van der Waals surface area contributed by atoms with Gasteiger partial charge < -0.3 is 10.1 Å². The SMILES string of the molecule is Cc1nc(C2CC2)cc(C(=O)Nc2ccc(C#N)cc2)c1OCc1cccc(C#N)c1. The zero-order valence-electron chi connectivity index (χ0n) is 17.1. The van der Waals surface area contributed by atoms with E-state index in [1.165, 1.54) is 0 Å². The quantitative estimate of drug-likeness (QED) is 0.629. The van der Waals surface area contributed by atoms with Crippen LogP contribution in [0.15, 0.2) is 54.6 Å². The van der Waals surface area contributed by atoms with Gasteiger partial charge in [-0.25, -0.2) is 0 Å². The molecule has 1 fully saturated rings. The fourth-order valence-electron chi connectivity index (χ4n) is 3.34. The van der Waals surface area contributed by atoms with Gasteiger partial charge in [0.2, 0.25) is 0 Å². The van der Waals surface area contributed by atoms with Crippen molar-refractivity contribution in [1.82, 2.24) is 4.98 Å². The van der Waals surface area contributed by atoms with Crippen LogP contribution >= 0.6 is 0 Å². The minimum absolute atomic E-state index is 0.220. The maximum absolute atomic E-state index is 13.1. The standard InChI is InChI=1S/C25H20N4O2/c1-16-24(31-15-19-4-2-3-18(11-19)14-27)22(12-23(28-16)20-7-8-20)25(30)29-21-9-5-17(13-26)6-10-21/h2-6,9-12,20H,7-8,15H2,1H3,(H,29,30). The Morgan fingerprint density at radius 1 is 1.10 bits per heavy atom. The molecule has 1 heterocycles. The molecule has 1 saturated carbocycles. The van der Waals surface area contributed by atoms with Crippen molar-refractivity contribution in [3.8, 4) is 17.9 Å². The number of hydrogen-bond donors (Lipinski definition) is 1. The van der Waals surface area contributed by atoms with Gasteiger partial charge in [-0.1, -0.05) is 12.1 Å². The average molecular weight is 408 g/mol. The van der Waals surface area contributed by atoms with Crippen molar-refractivity contribution in [1.29, 1.82) is 10.5 Å². The molecule has 0 saturated heterocycles. The molecule has 4 rings (SSSR count). The molecule has 1 aliphatic carbocycles. The van der Waals surface area contributed by atoms with Gasteiger partial charge in [0, 0.05) is 17.3 Å².